The number of ether oxygens (including phenoxy) is 1. The van der Waals surface area contributed by atoms with Gasteiger partial charge in [-0.15, -0.1) is 0 Å². The summed E-state index contributed by atoms with van der Waals surface area (Å²) >= 11 is 0. The summed E-state index contributed by atoms with van der Waals surface area (Å²) in [5.41, 5.74) is 2.50. The molecule has 2 aromatic carbocycles. The van der Waals surface area contributed by atoms with Crippen molar-refractivity contribution in [1.82, 2.24) is 19.5 Å². The van der Waals surface area contributed by atoms with Crippen LogP contribution in [0, 0.1) is 11.3 Å². The number of benzene rings is 2. The zero-order valence-corrected chi connectivity index (χ0v) is 16.7. The van der Waals surface area contributed by atoms with Crippen LogP contribution in [0.15, 0.2) is 66.9 Å². The lowest BCUT2D eigenvalue weighted by atomic mass is 10.1. The molecule has 0 bridgehead atoms. The summed E-state index contributed by atoms with van der Waals surface area (Å²) in [6.45, 7) is -0.937. The first kappa shape index (κ1) is 20.0. The molecule has 8 heteroatoms. The highest BCUT2D eigenvalue weighted by Crippen LogP contribution is 2.29. The molecule has 2 heterocycles. The van der Waals surface area contributed by atoms with Crippen LogP contribution in [-0.4, -0.2) is 39.1 Å². The fourth-order valence-electron chi connectivity index (χ4n) is 3.16. The summed E-state index contributed by atoms with van der Waals surface area (Å²) in [5, 5.41) is 14.3. The number of amides is 1. The summed E-state index contributed by atoms with van der Waals surface area (Å²) in [4.78, 5) is 17.1. The van der Waals surface area contributed by atoms with Crippen molar-refractivity contribution in [3.63, 3.8) is 0 Å². The van der Waals surface area contributed by atoms with Gasteiger partial charge in [0.25, 0.3) is 5.91 Å². The second kappa shape index (κ2) is 8.63. The molecule has 0 N–H and O–H groups in total. The molecule has 0 atom stereocenters. The lowest BCUT2D eigenvalue weighted by molar-refractivity contribution is -0.131. The van der Waals surface area contributed by atoms with E-state index in [1.54, 1.807) is 24.4 Å². The number of nitrogens with zero attached hydrogens (tertiary/aromatic N) is 5. The second-order valence-electron chi connectivity index (χ2n) is 6.83. The molecule has 0 aliphatic rings. The van der Waals surface area contributed by atoms with Crippen molar-refractivity contribution in [3.05, 3.63) is 78.1 Å². The number of halogens is 1. The van der Waals surface area contributed by atoms with Gasteiger partial charge in [-0.05, 0) is 42.5 Å². The van der Waals surface area contributed by atoms with Crippen molar-refractivity contribution < 1.29 is 13.9 Å². The molecule has 4 rings (SSSR count). The molecular weight excluding hydrogens is 397 g/mol. The fourth-order valence-corrected chi connectivity index (χ4v) is 3.16. The SMILES string of the molecule is CN(Cc1ccnc2c(C#N)c(-c3ccc(Oc4ccccc4)cc3)nn12)C(=O)CF. The van der Waals surface area contributed by atoms with Gasteiger partial charge in [-0.25, -0.2) is 13.9 Å². The Labute approximate surface area is 177 Å². The first-order chi connectivity index (χ1) is 15.1. The van der Waals surface area contributed by atoms with Crippen molar-refractivity contribution >= 4 is 11.6 Å². The molecule has 0 aliphatic carbocycles. The van der Waals surface area contributed by atoms with E-state index in [4.69, 9.17) is 4.74 Å². The summed E-state index contributed by atoms with van der Waals surface area (Å²) in [5.74, 6) is 0.746. The van der Waals surface area contributed by atoms with Gasteiger partial charge in [0.15, 0.2) is 12.3 Å². The molecule has 31 heavy (non-hydrogen) atoms. The van der Waals surface area contributed by atoms with Crippen LogP contribution < -0.4 is 4.74 Å². The summed E-state index contributed by atoms with van der Waals surface area (Å²) in [6, 6.07) is 20.5. The Morgan fingerprint density at radius 1 is 1.13 bits per heavy atom. The summed E-state index contributed by atoms with van der Waals surface area (Å²) in [7, 11) is 1.51. The van der Waals surface area contributed by atoms with E-state index < -0.39 is 12.6 Å². The minimum absolute atomic E-state index is 0.137. The highest BCUT2D eigenvalue weighted by atomic mass is 19.1. The van der Waals surface area contributed by atoms with Crippen molar-refractivity contribution in [3.8, 4) is 28.8 Å². The van der Waals surface area contributed by atoms with E-state index in [0.717, 1.165) is 11.3 Å². The predicted octanol–water partition coefficient (Wildman–Crippen LogP) is 3.99. The highest BCUT2D eigenvalue weighted by Gasteiger charge is 2.19. The molecule has 7 nitrogen and oxygen atoms in total. The van der Waals surface area contributed by atoms with Gasteiger partial charge >= 0.3 is 0 Å². The first-order valence-corrected chi connectivity index (χ1v) is 9.50. The topological polar surface area (TPSA) is 83.5 Å². The standard InChI is InChI=1S/C23H18FN5O2/c1-28(21(30)13-24)15-17-11-12-26-23-20(14-25)22(27-29(17)23)16-7-9-19(10-8-16)31-18-5-3-2-4-6-18/h2-12H,13,15H2,1H3. The Morgan fingerprint density at radius 3 is 2.52 bits per heavy atom. The highest BCUT2D eigenvalue weighted by molar-refractivity contribution is 5.77. The van der Waals surface area contributed by atoms with Gasteiger partial charge in [0.05, 0.1) is 12.2 Å². The third kappa shape index (κ3) is 4.07. The van der Waals surface area contributed by atoms with E-state index in [2.05, 4.69) is 16.2 Å². The maximum atomic E-state index is 12.7. The zero-order valence-electron chi connectivity index (χ0n) is 16.7. The Balaban J connectivity index is 1.68. The Morgan fingerprint density at radius 2 is 1.84 bits per heavy atom. The minimum atomic E-state index is -1.07. The number of fused-ring (bicyclic) bond motifs is 1. The van der Waals surface area contributed by atoms with Gasteiger partial charge in [0.1, 0.15) is 28.8 Å². The maximum absolute atomic E-state index is 12.7. The van der Waals surface area contributed by atoms with Gasteiger partial charge in [-0.3, -0.25) is 4.79 Å². The molecular formula is C23H18FN5O2. The molecule has 0 unspecified atom stereocenters. The number of nitriles is 1. The van der Waals surface area contributed by atoms with E-state index in [1.165, 1.54) is 16.5 Å². The Kier molecular flexibility index (Phi) is 5.58. The van der Waals surface area contributed by atoms with Gasteiger partial charge < -0.3 is 9.64 Å². The quantitative estimate of drug-likeness (QED) is 0.476. The molecule has 4 aromatic rings. The average Bonchev–Trinajstić information content (AvgIpc) is 3.19. The number of para-hydroxylation sites is 1. The number of rotatable bonds is 6. The third-order valence-corrected chi connectivity index (χ3v) is 4.75. The van der Waals surface area contributed by atoms with Gasteiger partial charge in [-0.1, -0.05) is 18.2 Å². The van der Waals surface area contributed by atoms with Crippen LogP contribution in [0.3, 0.4) is 0 Å². The molecule has 0 saturated carbocycles. The van der Waals surface area contributed by atoms with Crippen LogP contribution in [-0.2, 0) is 11.3 Å². The second-order valence-corrected chi connectivity index (χ2v) is 6.83. The van der Waals surface area contributed by atoms with Crippen molar-refractivity contribution in [1.29, 1.82) is 5.26 Å². The van der Waals surface area contributed by atoms with Crippen LogP contribution in [0.2, 0.25) is 0 Å². The molecule has 0 aliphatic heterocycles. The summed E-state index contributed by atoms with van der Waals surface area (Å²) in [6.07, 6.45) is 1.54. The van der Waals surface area contributed by atoms with E-state index in [9.17, 15) is 14.4 Å². The lowest BCUT2D eigenvalue weighted by Crippen LogP contribution is -2.28. The van der Waals surface area contributed by atoms with Crippen LogP contribution in [0.5, 0.6) is 11.5 Å². The molecule has 154 valence electrons. The van der Waals surface area contributed by atoms with Crippen molar-refractivity contribution in [2.24, 2.45) is 0 Å². The van der Waals surface area contributed by atoms with Crippen LogP contribution in [0.1, 0.15) is 11.3 Å². The van der Waals surface area contributed by atoms with E-state index in [1.807, 2.05) is 42.5 Å². The van der Waals surface area contributed by atoms with Crippen molar-refractivity contribution in [2.75, 3.05) is 13.7 Å². The summed E-state index contributed by atoms with van der Waals surface area (Å²) < 4.78 is 20.0. The number of carbonyl (C=O) groups excluding carboxylic acids is 1. The predicted molar refractivity (Wildman–Crippen MR) is 112 cm³/mol. The molecule has 0 spiro atoms. The van der Waals surface area contributed by atoms with E-state index >= 15 is 0 Å². The van der Waals surface area contributed by atoms with E-state index in [0.29, 0.717) is 28.3 Å². The lowest BCUT2D eigenvalue weighted by Gasteiger charge is -2.15. The zero-order chi connectivity index (χ0) is 21.8. The third-order valence-electron chi connectivity index (χ3n) is 4.75. The Hall–Kier alpha value is -4.25. The number of aromatic nitrogens is 3. The molecule has 0 radical (unpaired) electrons. The average molecular weight is 415 g/mol. The molecule has 0 saturated heterocycles. The minimum Gasteiger partial charge on any atom is -0.457 e. The number of alkyl halides is 1. The number of hydrogen-bond acceptors (Lipinski definition) is 5. The first-order valence-electron chi connectivity index (χ1n) is 9.50. The van der Waals surface area contributed by atoms with Crippen LogP contribution in [0.25, 0.3) is 16.9 Å². The van der Waals surface area contributed by atoms with Gasteiger partial charge in [-0.2, -0.15) is 10.4 Å². The van der Waals surface area contributed by atoms with Crippen LogP contribution >= 0.6 is 0 Å². The van der Waals surface area contributed by atoms with Crippen molar-refractivity contribution in [2.45, 2.75) is 6.54 Å². The van der Waals surface area contributed by atoms with Crippen LogP contribution in [0.4, 0.5) is 4.39 Å². The monoisotopic (exact) mass is 415 g/mol. The molecule has 0 fully saturated rings. The van der Waals surface area contributed by atoms with E-state index in [-0.39, 0.29) is 6.54 Å². The Bertz CT molecular complexity index is 1260. The molecule has 2 aromatic heterocycles. The van der Waals surface area contributed by atoms with Gasteiger partial charge in [0, 0.05) is 18.8 Å². The normalized spacial score (nSPS) is 10.6. The molecule has 1 amide bonds. The number of carbonyl (C=O) groups is 1. The van der Waals surface area contributed by atoms with Gasteiger partial charge in [0.2, 0.25) is 0 Å². The fraction of sp³-hybridized carbons (Fsp3) is 0.130. The number of hydrogen-bond donors (Lipinski definition) is 0. The largest absolute Gasteiger partial charge is 0.457 e. The maximum Gasteiger partial charge on any atom is 0.254 e. The smallest absolute Gasteiger partial charge is 0.254 e.